The fourth-order valence-corrected chi connectivity index (χ4v) is 4.21. The van der Waals surface area contributed by atoms with Gasteiger partial charge in [-0.2, -0.15) is 57.1 Å². The summed E-state index contributed by atoms with van der Waals surface area (Å²) in [6, 6.07) is 0. The number of halogens is 13. The van der Waals surface area contributed by atoms with Crippen molar-refractivity contribution in [3.05, 3.63) is 0 Å². The quantitative estimate of drug-likeness (QED) is 0.0547. The van der Waals surface area contributed by atoms with Crippen molar-refractivity contribution in [2.75, 3.05) is 19.8 Å². The molecule has 0 saturated carbocycles. The topological polar surface area (TPSA) is 27.7 Å². The van der Waals surface area contributed by atoms with Gasteiger partial charge in [-0.25, -0.2) is 0 Å². The van der Waals surface area contributed by atoms with Gasteiger partial charge >= 0.3 is 35.8 Å². The van der Waals surface area contributed by atoms with E-state index in [0.29, 0.717) is 32.1 Å². The minimum atomic E-state index is -7.99. The molecule has 0 aromatic rings. The summed E-state index contributed by atoms with van der Waals surface area (Å²) in [6.45, 7) is 5.20. The normalized spacial score (nSPS) is 15.2. The molecule has 0 aromatic heterocycles. The molecule has 0 rings (SSSR count). The molecule has 0 bridgehead atoms. The van der Waals surface area contributed by atoms with Crippen LogP contribution in [0.2, 0.25) is 0 Å². The number of unbranched alkanes of at least 4 members (excludes halogenated alkanes) is 8. The Morgan fingerprint density at radius 1 is 0.409 bits per heavy atom. The molecule has 44 heavy (non-hydrogen) atoms. The van der Waals surface area contributed by atoms with Crippen LogP contribution in [0, 0.1) is 5.92 Å². The van der Waals surface area contributed by atoms with Gasteiger partial charge in [0.2, 0.25) is 0 Å². The zero-order valence-corrected chi connectivity index (χ0v) is 25.5. The van der Waals surface area contributed by atoms with Crippen molar-refractivity contribution in [3.63, 3.8) is 0 Å². The highest BCUT2D eigenvalue weighted by Gasteiger charge is 2.92. The maximum absolute atomic E-state index is 15.9. The molecule has 266 valence electrons. The Labute approximate surface area is 250 Å². The smallest absolute Gasteiger partial charge is 0.327 e. The monoisotopic (exact) mass is 676 g/mol. The van der Waals surface area contributed by atoms with Crippen molar-refractivity contribution < 1.29 is 71.3 Å². The van der Waals surface area contributed by atoms with Crippen molar-refractivity contribution in [2.45, 2.75) is 153 Å². The van der Waals surface area contributed by atoms with E-state index >= 15 is 17.6 Å². The zero-order valence-electron chi connectivity index (χ0n) is 25.5. The van der Waals surface area contributed by atoms with Crippen LogP contribution in [-0.4, -0.2) is 61.6 Å². The number of rotatable bonds is 25. The maximum atomic E-state index is 15.9. The molecular weight excluding hydrogens is 631 g/mol. The Morgan fingerprint density at radius 2 is 0.750 bits per heavy atom. The van der Waals surface area contributed by atoms with E-state index in [9.17, 15) is 39.5 Å². The highest BCUT2D eigenvalue weighted by molar-refractivity contribution is 5.12. The molecule has 0 fully saturated rings. The average molecular weight is 677 g/mol. The Kier molecular flexibility index (Phi) is 17.4. The fraction of sp³-hybridized carbons (Fsp3) is 1.00. The van der Waals surface area contributed by atoms with Gasteiger partial charge in [0.1, 0.15) is 5.92 Å². The average Bonchev–Trinajstić information content (AvgIpc) is 2.91. The largest absolute Gasteiger partial charge is 0.460 e. The predicted molar refractivity (Wildman–Crippen MR) is 138 cm³/mol. The van der Waals surface area contributed by atoms with Gasteiger partial charge in [-0.15, -0.1) is 0 Å². The van der Waals surface area contributed by atoms with Crippen LogP contribution in [0.4, 0.5) is 57.1 Å². The fourth-order valence-electron chi connectivity index (χ4n) is 4.21. The van der Waals surface area contributed by atoms with Crippen molar-refractivity contribution in [1.82, 2.24) is 0 Å². The van der Waals surface area contributed by atoms with E-state index in [1.807, 2.05) is 6.92 Å². The zero-order chi connectivity index (χ0) is 34.5. The van der Waals surface area contributed by atoms with Crippen LogP contribution in [0.3, 0.4) is 0 Å². The minimum absolute atomic E-state index is 0.0752. The van der Waals surface area contributed by atoms with E-state index < -0.39 is 80.3 Å². The van der Waals surface area contributed by atoms with Gasteiger partial charge in [-0.05, 0) is 25.7 Å². The Hall–Kier alpha value is -1.03. The van der Waals surface area contributed by atoms with Crippen LogP contribution in [0.1, 0.15) is 111 Å². The van der Waals surface area contributed by atoms with Gasteiger partial charge in [0.25, 0.3) is 5.97 Å². The Bertz CT molecular complexity index is 763. The first kappa shape index (κ1) is 43.0. The van der Waals surface area contributed by atoms with Gasteiger partial charge in [-0.1, -0.05) is 85.5 Å². The Balaban J connectivity index is 7.20. The molecular formula is C28H45F13O3. The summed E-state index contributed by atoms with van der Waals surface area (Å²) >= 11 is 0. The summed E-state index contributed by atoms with van der Waals surface area (Å²) in [5.74, 6) is -44.2. The number of ether oxygens (including phenoxy) is 3. The van der Waals surface area contributed by atoms with Gasteiger partial charge in [0.15, 0.2) is 0 Å². The molecule has 16 heteroatoms. The lowest BCUT2D eigenvalue weighted by Crippen LogP contribution is -2.72. The molecule has 0 radical (unpaired) electrons. The summed E-state index contributed by atoms with van der Waals surface area (Å²) in [5, 5.41) is 0. The van der Waals surface area contributed by atoms with Crippen molar-refractivity contribution >= 4 is 0 Å². The number of alkyl halides is 13. The molecule has 0 saturated heterocycles. The van der Waals surface area contributed by atoms with Crippen LogP contribution in [0.15, 0.2) is 0 Å². The van der Waals surface area contributed by atoms with E-state index in [2.05, 4.69) is 0 Å². The third-order valence-corrected chi connectivity index (χ3v) is 7.07. The second-order valence-electron chi connectivity index (χ2n) is 10.7. The van der Waals surface area contributed by atoms with Crippen LogP contribution < -0.4 is 0 Å². The summed E-state index contributed by atoms with van der Waals surface area (Å²) in [5.41, 5.74) is 0. The van der Waals surface area contributed by atoms with Gasteiger partial charge in [-0.3, -0.25) is 0 Å². The molecule has 0 aromatic carbocycles. The third-order valence-electron chi connectivity index (χ3n) is 7.07. The molecule has 0 heterocycles. The lowest BCUT2D eigenvalue weighted by atomic mass is 9.83. The summed E-state index contributed by atoms with van der Waals surface area (Å²) in [7, 11) is 0. The maximum Gasteiger partial charge on any atom is 0.460 e. The highest BCUT2D eigenvalue weighted by atomic mass is 19.4. The first-order valence-corrected chi connectivity index (χ1v) is 15.0. The summed E-state index contributed by atoms with van der Waals surface area (Å²) in [6.07, 6.45) is -5.19. The van der Waals surface area contributed by atoms with Crippen molar-refractivity contribution in [3.8, 4) is 0 Å². The lowest BCUT2D eigenvalue weighted by molar-refractivity contribution is -0.471. The first-order chi connectivity index (χ1) is 20.1. The second-order valence-corrected chi connectivity index (χ2v) is 10.7. The van der Waals surface area contributed by atoms with Gasteiger partial charge in [0.05, 0.1) is 19.8 Å². The van der Waals surface area contributed by atoms with Crippen molar-refractivity contribution in [2.24, 2.45) is 5.92 Å². The minimum Gasteiger partial charge on any atom is -0.327 e. The predicted octanol–water partition coefficient (Wildman–Crippen LogP) is 11.2. The molecule has 0 N–H and O–H groups in total. The first-order valence-electron chi connectivity index (χ1n) is 15.0. The molecule has 0 spiro atoms. The Morgan fingerprint density at radius 3 is 1.11 bits per heavy atom. The lowest BCUT2D eigenvalue weighted by Gasteiger charge is -2.47. The van der Waals surface area contributed by atoms with Crippen LogP contribution in [0.5, 0.6) is 0 Å². The standard InChI is InChI=1S/C28H45F13O3/c1-5-9-13-14-15-16-17-21(23(42-18-10-6-2,43-19-11-7-3)44-20-12-8-4)22(29,30)24(31,32)25(33,34)26(35,36)27(37,38)28(39,40)41/h21H,5-20H2,1-4H3. The van der Waals surface area contributed by atoms with Crippen molar-refractivity contribution in [1.29, 1.82) is 0 Å². The molecule has 0 amide bonds. The van der Waals surface area contributed by atoms with E-state index in [-0.39, 0.29) is 25.7 Å². The van der Waals surface area contributed by atoms with E-state index in [0.717, 1.165) is 12.8 Å². The number of hydrogen-bond donors (Lipinski definition) is 0. The van der Waals surface area contributed by atoms with Crippen LogP contribution >= 0.6 is 0 Å². The third kappa shape index (κ3) is 9.74. The van der Waals surface area contributed by atoms with E-state index in [4.69, 9.17) is 14.2 Å². The van der Waals surface area contributed by atoms with E-state index in [1.165, 1.54) is 0 Å². The molecule has 0 aliphatic heterocycles. The molecule has 0 aliphatic rings. The molecule has 1 atom stereocenters. The summed E-state index contributed by atoms with van der Waals surface area (Å²) < 4.78 is 201. The molecule has 1 unspecified atom stereocenters. The molecule has 0 aliphatic carbocycles. The number of hydrogen-bond acceptors (Lipinski definition) is 3. The van der Waals surface area contributed by atoms with Crippen LogP contribution in [-0.2, 0) is 14.2 Å². The molecule has 3 nitrogen and oxygen atoms in total. The SMILES string of the molecule is CCCCCCCCC(C(OCCCC)(OCCCC)OCCCC)C(F)(F)C(F)(F)C(F)(F)C(F)(F)C(F)(F)C(F)(F)F. The van der Waals surface area contributed by atoms with Gasteiger partial charge < -0.3 is 14.2 Å². The second kappa shape index (κ2) is 17.8. The highest BCUT2D eigenvalue weighted by Crippen LogP contribution is 2.62. The van der Waals surface area contributed by atoms with Gasteiger partial charge in [0, 0.05) is 0 Å². The van der Waals surface area contributed by atoms with E-state index in [1.54, 1.807) is 20.8 Å². The van der Waals surface area contributed by atoms with Crippen LogP contribution in [0.25, 0.3) is 0 Å². The summed E-state index contributed by atoms with van der Waals surface area (Å²) in [4.78, 5) is 0.